The van der Waals surface area contributed by atoms with Gasteiger partial charge in [0.05, 0.1) is 24.3 Å². The van der Waals surface area contributed by atoms with Crippen molar-refractivity contribution in [3.63, 3.8) is 0 Å². The van der Waals surface area contributed by atoms with E-state index in [1.807, 2.05) is 30.3 Å². The highest BCUT2D eigenvalue weighted by Gasteiger charge is 2.23. The number of carbonyl (C=O) groups is 1. The highest BCUT2D eigenvalue weighted by atomic mass is 16.7. The summed E-state index contributed by atoms with van der Waals surface area (Å²) < 4.78 is 15.8. The van der Waals surface area contributed by atoms with Crippen molar-refractivity contribution in [3.05, 3.63) is 59.7 Å². The summed E-state index contributed by atoms with van der Waals surface area (Å²) in [6.07, 6.45) is 0. The number of methoxy groups -OCH3 is 1. The summed E-state index contributed by atoms with van der Waals surface area (Å²) in [5.74, 6) is 0.645. The Morgan fingerprint density at radius 3 is 2.40 bits per heavy atom. The van der Waals surface area contributed by atoms with E-state index in [1.54, 1.807) is 18.2 Å². The highest BCUT2D eigenvalue weighted by Crippen LogP contribution is 2.41. The van der Waals surface area contributed by atoms with Crippen molar-refractivity contribution in [2.75, 3.05) is 13.9 Å². The Labute approximate surface area is 144 Å². The quantitative estimate of drug-likeness (QED) is 0.666. The molecule has 0 atom stereocenters. The number of benzene rings is 3. The Morgan fingerprint density at radius 1 is 1.08 bits per heavy atom. The van der Waals surface area contributed by atoms with E-state index in [1.165, 1.54) is 7.11 Å². The molecule has 0 aromatic heterocycles. The number of hydrogen-bond acceptors (Lipinski definition) is 5. The van der Waals surface area contributed by atoms with Gasteiger partial charge in [0.2, 0.25) is 6.79 Å². The molecule has 0 spiro atoms. The second-order valence-electron chi connectivity index (χ2n) is 5.57. The minimum absolute atomic E-state index is 0.118. The molecule has 122 valence electrons. The van der Waals surface area contributed by atoms with Crippen LogP contribution in [0.25, 0.3) is 21.9 Å². The lowest BCUT2D eigenvalue weighted by atomic mass is 9.91. The van der Waals surface area contributed by atoms with Gasteiger partial charge in [0.1, 0.15) is 0 Å². The maximum Gasteiger partial charge on any atom is 0.339 e. The van der Waals surface area contributed by atoms with Gasteiger partial charge in [0.25, 0.3) is 0 Å². The molecule has 0 aliphatic carbocycles. The maximum absolute atomic E-state index is 12.5. The monoisotopic (exact) mass is 331 g/mol. The van der Waals surface area contributed by atoms with Crippen LogP contribution in [0.3, 0.4) is 0 Å². The highest BCUT2D eigenvalue weighted by molar-refractivity contribution is 6.12. The number of esters is 1. The lowest BCUT2D eigenvalue weighted by Gasteiger charge is -2.14. The Morgan fingerprint density at radius 2 is 1.76 bits per heavy atom. The third-order valence-electron chi connectivity index (χ3n) is 4.23. The molecular formula is C20H13NO4. The predicted molar refractivity (Wildman–Crippen MR) is 91.6 cm³/mol. The van der Waals surface area contributed by atoms with Crippen LogP contribution in [0.15, 0.2) is 48.5 Å². The van der Waals surface area contributed by atoms with E-state index in [9.17, 15) is 10.1 Å². The Hall–Kier alpha value is -3.52. The van der Waals surface area contributed by atoms with Gasteiger partial charge < -0.3 is 14.2 Å². The van der Waals surface area contributed by atoms with Crippen LogP contribution in [0, 0.1) is 11.3 Å². The van der Waals surface area contributed by atoms with Crippen LogP contribution >= 0.6 is 0 Å². The van der Waals surface area contributed by atoms with E-state index in [4.69, 9.17) is 14.2 Å². The number of rotatable bonds is 2. The summed E-state index contributed by atoms with van der Waals surface area (Å²) in [6, 6.07) is 16.8. The molecule has 0 fully saturated rings. The molecule has 1 aliphatic heterocycles. The molecule has 0 bridgehead atoms. The summed E-state index contributed by atoms with van der Waals surface area (Å²) in [5.41, 5.74) is 2.34. The number of fused-ring (bicyclic) bond motifs is 2. The van der Waals surface area contributed by atoms with Crippen molar-refractivity contribution in [2.45, 2.75) is 0 Å². The number of nitriles is 1. The van der Waals surface area contributed by atoms with Crippen molar-refractivity contribution in [1.29, 1.82) is 5.26 Å². The zero-order valence-electron chi connectivity index (χ0n) is 13.4. The van der Waals surface area contributed by atoms with Crippen LogP contribution in [0.5, 0.6) is 11.5 Å². The predicted octanol–water partition coefficient (Wildman–Crippen LogP) is 3.89. The van der Waals surface area contributed by atoms with Gasteiger partial charge in [-0.05, 0) is 29.3 Å². The van der Waals surface area contributed by atoms with Gasteiger partial charge in [0.15, 0.2) is 11.5 Å². The largest absolute Gasteiger partial charge is 0.465 e. The van der Waals surface area contributed by atoms with Gasteiger partial charge in [-0.15, -0.1) is 0 Å². The summed E-state index contributed by atoms with van der Waals surface area (Å²) in [5, 5.41) is 10.8. The zero-order valence-corrected chi connectivity index (χ0v) is 13.4. The van der Waals surface area contributed by atoms with Gasteiger partial charge in [0, 0.05) is 10.8 Å². The smallest absolute Gasteiger partial charge is 0.339 e. The summed E-state index contributed by atoms with van der Waals surface area (Å²) >= 11 is 0. The Balaban J connectivity index is 2.13. The second-order valence-corrected chi connectivity index (χ2v) is 5.57. The molecule has 5 heteroatoms. The molecule has 0 radical (unpaired) electrons. The summed E-state index contributed by atoms with van der Waals surface area (Å²) in [4.78, 5) is 12.5. The van der Waals surface area contributed by atoms with Gasteiger partial charge in [-0.25, -0.2) is 4.79 Å². The first-order valence-corrected chi connectivity index (χ1v) is 7.67. The normalized spacial score (nSPS) is 12.0. The second kappa shape index (κ2) is 5.84. The minimum Gasteiger partial charge on any atom is -0.465 e. The lowest BCUT2D eigenvalue weighted by Crippen LogP contribution is -2.06. The molecule has 3 aromatic carbocycles. The third-order valence-corrected chi connectivity index (χ3v) is 4.23. The zero-order chi connectivity index (χ0) is 17.4. The summed E-state index contributed by atoms with van der Waals surface area (Å²) in [7, 11) is 1.34. The molecule has 4 rings (SSSR count). The SMILES string of the molecule is COC(=O)c1c(-c2ccccc2)cc(C#N)c2cc3c(cc12)OCO3. The van der Waals surface area contributed by atoms with E-state index in [0.29, 0.717) is 39.0 Å². The lowest BCUT2D eigenvalue weighted by molar-refractivity contribution is 0.0604. The van der Waals surface area contributed by atoms with Gasteiger partial charge in [-0.1, -0.05) is 30.3 Å². The van der Waals surface area contributed by atoms with Crippen molar-refractivity contribution >= 4 is 16.7 Å². The molecular weight excluding hydrogens is 318 g/mol. The fourth-order valence-electron chi connectivity index (χ4n) is 3.07. The number of ether oxygens (including phenoxy) is 3. The van der Waals surface area contributed by atoms with Gasteiger partial charge in [-0.3, -0.25) is 0 Å². The average Bonchev–Trinajstić information content (AvgIpc) is 3.12. The molecule has 1 heterocycles. The Kier molecular flexibility index (Phi) is 3.51. The van der Waals surface area contributed by atoms with Crippen molar-refractivity contribution in [1.82, 2.24) is 0 Å². The number of hydrogen-bond donors (Lipinski definition) is 0. The van der Waals surface area contributed by atoms with E-state index in [2.05, 4.69) is 6.07 Å². The van der Waals surface area contributed by atoms with Gasteiger partial charge in [-0.2, -0.15) is 5.26 Å². The topological polar surface area (TPSA) is 68.6 Å². The first-order valence-electron chi connectivity index (χ1n) is 7.67. The molecule has 0 amide bonds. The van der Waals surface area contributed by atoms with Crippen LogP contribution < -0.4 is 9.47 Å². The molecule has 5 nitrogen and oxygen atoms in total. The number of nitrogens with zero attached hydrogens (tertiary/aromatic N) is 1. The fraction of sp³-hybridized carbons (Fsp3) is 0.100. The molecule has 3 aromatic rings. The first-order chi connectivity index (χ1) is 12.2. The molecule has 0 N–H and O–H groups in total. The molecule has 1 aliphatic rings. The van der Waals surface area contributed by atoms with Crippen LogP contribution in [-0.4, -0.2) is 19.9 Å². The Bertz CT molecular complexity index is 1040. The third kappa shape index (κ3) is 2.36. The van der Waals surface area contributed by atoms with Crippen molar-refractivity contribution in [2.24, 2.45) is 0 Å². The summed E-state index contributed by atoms with van der Waals surface area (Å²) in [6.45, 7) is 0.118. The minimum atomic E-state index is -0.466. The molecule has 0 unspecified atom stereocenters. The standard InChI is InChI=1S/C20H13NO4/c1-23-20(22)19-15(12-5-3-2-4-6-12)7-13(10-21)14-8-17-18(9-16(14)19)25-11-24-17/h2-9H,11H2,1H3. The van der Waals surface area contributed by atoms with E-state index in [0.717, 1.165) is 5.56 Å². The average molecular weight is 331 g/mol. The molecule has 0 saturated carbocycles. The maximum atomic E-state index is 12.5. The van der Waals surface area contributed by atoms with Crippen LogP contribution in [0.4, 0.5) is 0 Å². The van der Waals surface area contributed by atoms with Gasteiger partial charge >= 0.3 is 5.97 Å². The van der Waals surface area contributed by atoms with Crippen LogP contribution in [-0.2, 0) is 4.74 Å². The van der Waals surface area contributed by atoms with Crippen molar-refractivity contribution in [3.8, 4) is 28.7 Å². The molecule has 25 heavy (non-hydrogen) atoms. The van der Waals surface area contributed by atoms with Crippen molar-refractivity contribution < 1.29 is 19.0 Å². The molecule has 0 saturated heterocycles. The first kappa shape index (κ1) is 15.0. The van der Waals surface area contributed by atoms with Crippen LogP contribution in [0.2, 0.25) is 0 Å². The van der Waals surface area contributed by atoms with E-state index < -0.39 is 5.97 Å². The number of carbonyl (C=O) groups excluding carboxylic acids is 1. The van der Waals surface area contributed by atoms with E-state index >= 15 is 0 Å². The van der Waals surface area contributed by atoms with E-state index in [-0.39, 0.29) is 6.79 Å². The van der Waals surface area contributed by atoms with Crippen LogP contribution in [0.1, 0.15) is 15.9 Å². The fourth-order valence-corrected chi connectivity index (χ4v) is 3.07.